The number of ether oxygens (including phenoxy) is 1. The second-order valence-electron chi connectivity index (χ2n) is 3.18. The number of hydrogen-bond donors (Lipinski definition) is 1. The fourth-order valence-corrected chi connectivity index (χ4v) is 2.15. The average Bonchev–Trinajstić information content (AvgIpc) is 2.77. The Balaban J connectivity index is 2.50. The number of aromatic nitrogens is 1. The average molecular weight is 345 g/mol. The molecule has 17 heavy (non-hydrogen) atoms. The Labute approximate surface area is 111 Å². The second kappa shape index (κ2) is 4.74. The number of halogens is 1. The van der Waals surface area contributed by atoms with Crippen molar-refractivity contribution in [1.82, 2.24) is 4.98 Å². The summed E-state index contributed by atoms with van der Waals surface area (Å²) in [5.74, 6) is -0.136. The first-order valence-electron chi connectivity index (χ1n) is 4.64. The number of benzene rings is 1. The van der Waals surface area contributed by atoms with Crippen molar-refractivity contribution in [3.63, 3.8) is 0 Å². The Kier molecular flexibility index (Phi) is 3.32. The summed E-state index contributed by atoms with van der Waals surface area (Å²) in [6.07, 6.45) is 1.12. The van der Waals surface area contributed by atoms with E-state index in [4.69, 9.17) is 14.3 Å². The van der Waals surface area contributed by atoms with Crippen LogP contribution in [0.15, 0.2) is 29.0 Å². The first-order valence-corrected chi connectivity index (χ1v) is 5.72. The van der Waals surface area contributed by atoms with Crippen molar-refractivity contribution in [1.29, 1.82) is 0 Å². The largest absolute Gasteiger partial charge is 0.496 e. The van der Waals surface area contributed by atoms with Gasteiger partial charge in [-0.15, -0.1) is 0 Å². The number of methoxy groups -OCH3 is 1. The summed E-state index contributed by atoms with van der Waals surface area (Å²) in [7, 11) is 1.58. The lowest BCUT2D eigenvalue weighted by Gasteiger charge is -2.04. The zero-order valence-electron chi connectivity index (χ0n) is 8.81. The minimum Gasteiger partial charge on any atom is -0.496 e. The SMILES string of the molecule is COc1ccc(-c2ocnc2C(=O)O)cc1I. The van der Waals surface area contributed by atoms with Crippen molar-refractivity contribution >= 4 is 28.6 Å². The molecule has 1 aromatic carbocycles. The maximum Gasteiger partial charge on any atom is 0.358 e. The number of aromatic carboxylic acids is 1. The summed E-state index contributed by atoms with van der Waals surface area (Å²) in [5.41, 5.74) is 0.566. The predicted octanol–water partition coefficient (Wildman–Crippen LogP) is 2.65. The van der Waals surface area contributed by atoms with Crippen LogP contribution >= 0.6 is 22.6 Å². The quantitative estimate of drug-likeness (QED) is 0.866. The molecule has 0 aliphatic rings. The molecule has 0 fully saturated rings. The Morgan fingerprint density at radius 3 is 2.88 bits per heavy atom. The molecule has 0 saturated heterocycles. The summed E-state index contributed by atoms with van der Waals surface area (Å²) < 4.78 is 11.1. The monoisotopic (exact) mass is 345 g/mol. The highest BCUT2D eigenvalue weighted by atomic mass is 127. The van der Waals surface area contributed by atoms with Crippen LogP contribution in [0.25, 0.3) is 11.3 Å². The maximum atomic E-state index is 10.9. The van der Waals surface area contributed by atoms with Crippen molar-refractivity contribution in [2.24, 2.45) is 0 Å². The standard InChI is InChI=1S/C11H8INO4/c1-16-8-3-2-6(4-7(8)12)10-9(11(14)15)13-5-17-10/h2-5H,1H3,(H,14,15). The molecule has 0 radical (unpaired) electrons. The van der Waals surface area contributed by atoms with Gasteiger partial charge in [0, 0.05) is 5.56 Å². The molecule has 2 rings (SSSR count). The molecule has 6 heteroatoms. The van der Waals surface area contributed by atoms with Gasteiger partial charge >= 0.3 is 5.97 Å². The van der Waals surface area contributed by atoms with Crippen LogP contribution in [-0.2, 0) is 0 Å². The van der Waals surface area contributed by atoms with Crippen molar-refractivity contribution in [2.75, 3.05) is 7.11 Å². The van der Waals surface area contributed by atoms with E-state index < -0.39 is 5.97 Å². The molecule has 0 atom stereocenters. The number of carboxylic acid groups (broad SMARTS) is 1. The first-order chi connectivity index (χ1) is 8.13. The van der Waals surface area contributed by atoms with E-state index in [1.165, 1.54) is 0 Å². The lowest BCUT2D eigenvalue weighted by molar-refractivity contribution is 0.0691. The zero-order valence-corrected chi connectivity index (χ0v) is 11.0. The Hall–Kier alpha value is -1.57. The number of hydrogen-bond acceptors (Lipinski definition) is 4. The molecule has 0 aliphatic carbocycles. The van der Waals surface area contributed by atoms with E-state index in [-0.39, 0.29) is 11.5 Å². The Bertz CT molecular complexity index is 564. The summed E-state index contributed by atoms with van der Waals surface area (Å²) in [5, 5.41) is 8.94. The van der Waals surface area contributed by atoms with Crippen LogP contribution in [-0.4, -0.2) is 23.2 Å². The third-order valence-electron chi connectivity index (χ3n) is 2.18. The molecule has 0 amide bonds. The molecule has 1 N–H and O–H groups in total. The number of carboxylic acids is 1. The first kappa shape index (κ1) is 11.9. The molecule has 0 aliphatic heterocycles. The van der Waals surface area contributed by atoms with Gasteiger partial charge < -0.3 is 14.3 Å². The minimum atomic E-state index is -1.11. The lowest BCUT2D eigenvalue weighted by Crippen LogP contribution is -1.98. The van der Waals surface area contributed by atoms with Gasteiger partial charge in [0.05, 0.1) is 10.7 Å². The topological polar surface area (TPSA) is 72.6 Å². The van der Waals surface area contributed by atoms with Gasteiger partial charge in [-0.25, -0.2) is 9.78 Å². The molecule has 0 bridgehead atoms. The van der Waals surface area contributed by atoms with E-state index in [0.29, 0.717) is 5.56 Å². The van der Waals surface area contributed by atoms with Crippen LogP contribution in [0.3, 0.4) is 0 Å². The van der Waals surface area contributed by atoms with E-state index in [1.807, 2.05) is 0 Å². The predicted molar refractivity (Wildman–Crippen MR) is 68.2 cm³/mol. The highest BCUT2D eigenvalue weighted by Gasteiger charge is 2.17. The lowest BCUT2D eigenvalue weighted by atomic mass is 10.1. The van der Waals surface area contributed by atoms with Gasteiger partial charge in [-0.2, -0.15) is 0 Å². The van der Waals surface area contributed by atoms with Crippen LogP contribution in [0.5, 0.6) is 5.75 Å². The zero-order chi connectivity index (χ0) is 12.4. The van der Waals surface area contributed by atoms with E-state index in [9.17, 15) is 4.79 Å². The van der Waals surface area contributed by atoms with Crippen molar-refractivity contribution < 1.29 is 19.1 Å². The summed E-state index contributed by atoms with van der Waals surface area (Å²) >= 11 is 2.11. The third kappa shape index (κ3) is 2.26. The molecule has 1 aromatic heterocycles. The fraction of sp³-hybridized carbons (Fsp3) is 0.0909. The fourth-order valence-electron chi connectivity index (χ4n) is 1.41. The molecule has 88 valence electrons. The van der Waals surface area contributed by atoms with Gasteiger partial charge in [-0.3, -0.25) is 0 Å². The molecule has 1 heterocycles. The smallest absolute Gasteiger partial charge is 0.358 e. The van der Waals surface area contributed by atoms with Crippen LogP contribution in [0, 0.1) is 3.57 Å². The number of nitrogens with zero attached hydrogens (tertiary/aromatic N) is 1. The van der Waals surface area contributed by atoms with Crippen LogP contribution < -0.4 is 4.74 Å². The van der Waals surface area contributed by atoms with Gasteiger partial charge in [-0.05, 0) is 40.8 Å². The van der Waals surface area contributed by atoms with Crippen molar-refractivity contribution in [3.8, 4) is 17.1 Å². The Morgan fingerprint density at radius 2 is 2.29 bits per heavy atom. The number of rotatable bonds is 3. The van der Waals surface area contributed by atoms with E-state index in [2.05, 4.69) is 27.6 Å². The van der Waals surface area contributed by atoms with Crippen LogP contribution in [0.2, 0.25) is 0 Å². The second-order valence-corrected chi connectivity index (χ2v) is 4.35. The highest BCUT2D eigenvalue weighted by molar-refractivity contribution is 14.1. The van der Waals surface area contributed by atoms with Crippen molar-refractivity contribution in [3.05, 3.63) is 33.9 Å². The van der Waals surface area contributed by atoms with Crippen LogP contribution in [0.1, 0.15) is 10.5 Å². The molecule has 2 aromatic rings. The highest BCUT2D eigenvalue weighted by Crippen LogP contribution is 2.29. The number of carbonyl (C=O) groups is 1. The van der Waals surface area contributed by atoms with Gasteiger partial charge in [0.25, 0.3) is 0 Å². The normalized spacial score (nSPS) is 10.2. The van der Waals surface area contributed by atoms with E-state index in [1.54, 1.807) is 25.3 Å². The summed E-state index contributed by atoms with van der Waals surface area (Å²) in [6.45, 7) is 0. The van der Waals surface area contributed by atoms with Crippen molar-refractivity contribution in [2.45, 2.75) is 0 Å². The van der Waals surface area contributed by atoms with Gasteiger partial charge in [0.1, 0.15) is 5.75 Å². The van der Waals surface area contributed by atoms with E-state index in [0.717, 1.165) is 15.7 Å². The molecular formula is C11H8INO4. The molecule has 0 saturated carbocycles. The number of oxazole rings is 1. The summed E-state index contributed by atoms with van der Waals surface area (Å²) in [4.78, 5) is 14.6. The van der Waals surface area contributed by atoms with E-state index >= 15 is 0 Å². The van der Waals surface area contributed by atoms with Crippen LogP contribution in [0.4, 0.5) is 0 Å². The Morgan fingerprint density at radius 1 is 1.53 bits per heavy atom. The summed E-state index contributed by atoms with van der Waals surface area (Å²) in [6, 6.07) is 5.27. The molecule has 5 nitrogen and oxygen atoms in total. The minimum absolute atomic E-state index is 0.0917. The van der Waals surface area contributed by atoms with Gasteiger partial charge in [0.2, 0.25) is 0 Å². The maximum absolute atomic E-state index is 10.9. The third-order valence-corrected chi connectivity index (χ3v) is 3.03. The molecule has 0 spiro atoms. The molecular weight excluding hydrogens is 337 g/mol. The molecule has 0 unspecified atom stereocenters. The van der Waals surface area contributed by atoms with Gasteiger partial charge in [-0.1, -0.05) is 0 Å². The van der Waals surface area contributed by atoms with Gasteiger partial charge in [0.15, 0.2) is 17.8 Å².